The lowest BCUT2D eigenvalue weighted by Crippen LogP contribution is -2.25. The van der Waals surface area contributed by atoms with E-state index in [0.717, 1.165) is 0 Å². The molecular weight excluding hydrogens is 191 g/mol. The maximum absolute atomic E-state index is 12.0. The maximum atomic E-state index is 12.0. The second-order valence-corrected chi connectivity index (χ2v) is 5.76. The molecule has 2 nitrogen and oxygen atoms in total. The fourth-order valence-corrected chi connectivity index (χ4v) is 1.72. The van der Waals surface area contributed by atoms with Gasteiger partial charge in [0, 0.05) is 6.26 Å². The van der Waals surface area contributed by atoms with Gasteiger partial charge in [-0.2, -0.15) is 13.2 Å². The number of hydrogen-bond acceptors (Lipinski definition) is 2. The molecule has 0 aromatic carbocycles. The Balaban J connectivity index is 5.15. The first-order chi connectivity index (χ1) is 4.96. The number of alkyl halides is 3. The Morgan fingerprint density at radius 3 is 1.58 bits per heavy atom. The van der Waals surface area contributed by atoms with Gasteiger partial charge in [-0.3, -0.25) is 0 Å². The van der Waals surface area contributed by atoms with Crippen molar-refractivity contribution in [2.45, 2.75) is 31.8 Å². The third kappa shape index (κ3) is 3.42. The molecule has 0 rings (SSSR count). The van der Waals surface area contributed by atoms with Crippen molar-refractivity contribution in [2.24, 2.45) is 4.36 Å². The molecule has 0 aliphatic rings. The Kier molecular flexibility index (Phi) is 2.84. The van der Waals surface area contributed by atoms with Crippen LogP contribution >= 0.6 is 0 Å². The zero-order chi connectivity index (χ0) is 10.2. The van der Waals surface area contributed by atoms with Crippen molar-refractivity contribution >= 4 is 9.73 Å². The normalized spacial score (nSPS) is 18.6. The third-order valence-corrected chi connectivity index (χ3v) is 2.63. The second-order valence-electron chi connectivity index (χ2n) is 3.51. The van der Waals surface area contributed by atoms with Gasteiger partial charge >= 0.3 is 5.51 Å². The van der Waals surface area contributed by atoms with Gasteiger partial charge in [0.1, 0.15) is 9.73 Å². The van der Waals surface area contributed by atoms with E-state index in [1.165, 1.54) is 20.8 Å². The van der Waals surface area contributed by atoms with Gasteiger partial charge in [-0.1, -0.05) is 0 Å². The molecule has 0 aliphatic carbocycles. The van der Waals surface area contributed by atoms with E-state index in [2.05, 4.69) is 4.36 Å². The molecule has 0 heterocycles. The first-order valence-corrected chi connectivity index (χ1v) is 5.18. The van der Waals surface area contributed by atoms with Crippen LogP contribution in [-0.4, -0.2) is 21.5 Å². The predicted molar refractivity (Wildman–Crippen MR) is 42.3 cm³/mol. The summed E-state index contributed by atoms with van der Waals surface area (Å²) in [4.78, 5) is 0. The van der Waals surface area contributed by atoms with Crippen LogP contribution in [0.2, 0.25) is 0 Å². The van der Waals surface area contributed by atoms with Crippen LogP contribution in [0.1, 0.15) is 20.8 Å². The van der Waals surface area contributed by atoms with Crippen molar-refractivity contribution in [3.05, 3.63) is 0 Å². The summed E-state index contributed by atoms with van der Waals surface area (Å²) in [5, 5.41) is 0. The van der Waals surface area contributed by atoms with Crippen molar-refractivity contribution in [1.29, 1.82) is 0 Å². The van der Waals surface area contributed by atoms with Crippen molar-refractivity contribution in [3.63, 3.8) is 0 Å². The van der Waals surface area contributed by atoms with E-state index in [-0.39, 0.29) is 0 Å². The number of nitrogens with zero attached hydrogens (tertiary/aromatic N) is 1. The fourth-order valence-electron chi connectivity index (χ4n) is 0.574. The SMILES string of the molecule is CC(C)(C)N=S(C)(=O)C(F)(F)F. The van der Waals surface area contributed by atoms with E-state index in [1.54, 1.807) is 0 Å². The summed E-state index contributed by atoms with van der Waals surface area (Å²) >= 11 is 0. The zero-order valence-corrected chi connectivity index (χ0v) is 8.21. The lowest BCUT2D eigenvalue weighted by Gasteiger charge is -2.16. The quantitative estimate of drug-likeness (QED) is 0.594. The molecule has 0 saturated carbocycles. The molecule has 0 saturated heterocycles. The highest BCUT2D eigenvalue weighted by molar-refractivity contribution is 7.93. The molecule has 1 unspecified atom stereocenters. The summed E-state index contributed by atoms with van der Waals surface area (Å²) in [6.07, 6.45) is 0.609. The highest BCUT2D eigenvalue weighted by Crippen LogP contribution is 2.26. The molecule has 0 bridgehead atoms. The topological polar surface area (TPSA) is 29.4 Å². The molecule has 12 heavy (non-hydrogen) atoms. The molecular formula is C6H12F3NOS. The van der Waals surface area contributed by atoms with Crippen molar-refractivity contribution in [3.8, 4) is 0 Å². The zero-order valence-electron chi connectivity index (χ0n) is 7.40. The molecule has 74 valence electrons. The number of halogens is 3. The summed E-state index contributed by atoms with van der Waals surface area (Å²) in [5.74, 6) is 0. The standard InChI is InChI=1S/C6H12F3NOS/c1-5(2,3)10-12(4,11)6(7,8)9/h1-4H3. The minimum Gasteiger partial charge on any atom is -0.241 e. The van der Waals surface area contributed by atoms with E-state index in [1.807, 2.05) is 0 Å². The lowest BCUT2D eigenvalue weighted by atomic mass is 10.1. The van der Waals surface area contributed by atoms with E-state index in [4.69, 9.17) is 0 Å². The average molecular weight is 203 g/mol. The lowest BCUT2D eigenvalue weighted by molar-refractivity contribution is -0.0400. The fraction of sp³-hybridized carbons (Fsp3) is 1.00. The van der Waals surface area contributed by atoms with Gasteiger partial charge in [-0.25, -0.2) is 8.57 Å². The van der Waals surface area contributed by atoms with Gasteiger partial charge in [-0.05, 0) is 20.8 Å². The van der Waals surface area contributed by atoms with Crippen LogP contribution in [0, 0.1) is 0 Å². The van der Waals surface area contributed by atoms with Gasteiger partial charge in [0.05, 0.1) is 5.54 Å². The maximum Gasteiger partial charge on any atom is 0.478 e. The van der Waals surface area contributed by atoms with Gasteiger partial charge in [0.25, 0.3) is 0 Å². The Hall–Kier alpha value is -0.260. The van der Waals surface area contributed by atoms with Crippen LogP contribution < -0.4 is 0 Å². The van der Waals surface area contributed by atoms with Gasteiger partial charge in [-0.15, -0.1) is 0 Å². The molecule has 0 radical (unpaired) electrons. The summed E-state index contributed by atoms with van der Waals surface area (Å²) in [6.45, 7) is 4.42. The summed E-state index contributed by atoms with van der Waals surface area (Å²) < 4.78 is 50.1. The second kappa shape index (κ2) is 2.90. The van der Waals surface area contributed by atoms with Gasteiger partial charge in [0.2, 0.25) is 0 Å². The largest absolute Gasteiger partial charge is 0.478 e. The van der Waals surface area contributed by atoms with Crippen LogP contribution in [0.5, 0.6) is 0 Å². The molecule has 0 spiro atoms. The Morgan fingerprint density at radius 2 is 1.50 bits per heavy atom. The molecule has 0 aromatic heterocycles. The van der Waals surface area contributed by atoms with Crippen LogP contribution in [0.3, 0.4) is 0 Å². The summed E-state index contributed by atoms with van der Waals surface area (Å²) in [5.41, 5.74) is -5.67. The monoisotopic (exact) mass is 203 g/mol. The third-order valence-electron chi connectivity index (χ3n) is 0.878. The van der Waals surface area contributed by atoms with Crippen molar-refractivity contribution < 1.29 is 17.4 Å². The van der Waals surface area contributed by atoms with Gasteiger partial charge in [0.15, 0.2) is 0 Å². The molecule has 6 heteroatoms. The minimum atomic E-state index is -4.74. The Labute approximate surface area is 70.3 Å². The molecule has 0 amide bonds. The molecule has 0 fully saturated rings. The molecule has 0 N–H and O–H groups in total. The highest BCUT2D eigenvalue weighted by atomic mass is 32.2. The smallest absolute Gasteiger partial charge is 0.241 e. The van der Waals surface area contributed by atoms with Crippen LogP contribution in [0.15, 0.2) is 4.36 Å². The minimum absolute atomic E-state index is 0.609. The average Bonchev–Trinajstić information content (AvgIpc) is 1.52. The molecule has 0 aliphatic heterocycles. The predicted octanol–water partition coefficient (Wildman–Crippen LogP) is 2.40. The van der Waals surface area contributed by atoms with Crippen LogP contribution in [0.4, 0.5) is 13.2 Å². The van der Waals surface area contributed by atoms with E-state index < -0.39 is 20.8 Å². The molecule has 1 atom stereocenters. The molecule has 0 aromatic rings. The summed E-state index contributed by atoms with van der Waals surface area (Å²) in [7, 11) is -4.08. The van der Waals surface area contributed by atoms with E-state index in [0.29, 0.717) is 6.26 Å². The highest BCUT2D eigenvalue weighted by Gasteiger charge is 2.40. The number of rotatable bonds is 0. The Bertz CT molecular complexity index is 267. The van der Waals surface area contributed by atoms with E-state index >= 15 is 0 Å². The summed E-state index contributed by atoms with van der Waals surface area (Å²) in [6, 6.07) is 0. The van der Waals surface area contributed by atoms with Crippen molar-refractivity contribution in [1.82, 2.24) is 0 Å². The van der Waals surface area contributed by atoms with Crippen molar-refractivity contribution in [2.75, 3.05) is 6.26 Å². The van der Waals surface area contributed by atoms with Crippen LogP contribution in [-0.2, 0) is 9.73 Å². The first-order valence-electron chi connectivity index (χ1n) is 3.25. The van der Waals surface area contributed by atoms with Gasteiger partial charge < -0.3 is 0 Å². The van der Waals surface area contributed by atoms with E-state index in [9.17, 15) is 17.4 Å². The van der Waals surface area contributed by atoms with Crippen LogP contribution in [0.25, 0.3) is 0 Å². The first kappa shape index (κ1) is 11.7. The number of hydrogen-bond donors (Lipinski definition) is 0. The Morgan fingerprint density at radius 1 is 1.17 bits per heavy atom.